The number of rotatable bonds is 6. The zero-order chi connectivity index (χ0) is 12.0. The second kappa shape index (κ2) is 6.68. The number of halogens is 1. The van der Waals surface area contributed by atoms with Gasteiger partial charge in [0.05, 0.1) is 18.2 Å². The van der Waals surface area contributed by atoms with Gasteiger partial charge in [-0.2, -0.15) is 0 Å². The topological polar surface area (TPSA) is 56.6 Å². The second-order valence-electron chi connectivity index (χ2n) is 3.52. The Morgan fingerprint density at radius 2 is 2.12 bits per heavy atom. The van der Waals surface area contributed by atoms with E-state index in [2.05, 4.69) is 11.9 Å². The first-order chi connectivity index (χ1) is 7.72. The molecule has 0 atom stereocenters. The number of pyridine rings is 1. The van der Waals surface area contributed by atoms with Crippen LogP contribution in [0, 0.1) is 0 Å². The summed E-state index contributed by atoms with van der Waals surface area (Å²) in [5.74, 6) is 0.662. The average molecular weight is 245 g/mol. The molecule has 0 spiro atoms. The lowest BCUT2D eigenvalue weighted by Crippen LogP contribution is -2.28. The number of nitrogens with zero attached hydrogens (tertiary/aromatic N) is 2. The summed E-state index contributed by atoms with van der Waals surface area (Å²) in [6.45, 7) is 3.37. The standard InChI is InChI=1S/C11H17ClN2O2/c1-2-3-14(4-5-15)11-10(12)6-9(8-16)7-13-11/h6-7,15-16H,2-5,8H2,1H3. The molecule has 0 fully saturated rings. The maximum atomic E-state index is 8.96. The molecule has 0 aliphatic heterocycles. The van der Waals surface area contributed by atoms with E-state index in [1.807, 2.05) is 4.90 Å². The number of aliphatic hydroxyl groups is 2. The Kier molecular flexibility index (Phi) is 5.52. The fourth-order valence-electron chi connectivity index (χ4n) is 1.50. The number of aliphatic hydroxyl groups excluding tert-OH is 2. The number of hydrogen-bond acceptors (Lipinski definition) is 4. The van der Waals surface area contributed by atoms with Crippen molar-refractivity contribution in [1.82, 2.24) is 4.98 Å². The highest BCUT2D eigenvalue weighted by Crippen LogP contribution is 2.24. The van der Waals surface area contributed by atoms with Crippen LogP contribution in [0.5, 0.6) is 0 Å². The van der Waals surface area contributed by atoms with Crippen molar-refractivity contribution in [3.63, 3.8) is 0 Å². The van der Waals surface area contributed by atoms with E-state index >= 15 is 0 Å². The summed E-state index contributed by atoms with van der Waals surface area (Å²) in [5.41, 5.74) is 0.689. The fourth-order valence-corrected chi connectivity index (χ4v) is 1.81. The van der Waals surface area contributed by atoms with E-state index < -0.39 is 0 Å². The van der Waals surface area contributed by atoms with E-state index in [4.69, 9.17) is 21.8 Å². The summed E-state index contributed by atoms with van der Waals surface area (Å²) in [6, 6.07) is 1.70. The zero-order valence-corrected chi connectivity index (χ0v) is 10.1. The van der Waals surface area contributed by atoms with Crippen LogP contribution in [0.4, 0.5) is 5.82 Å². The van der Waals surface area contributed by atoms with Crippen molar-refractivity contribution >= 4 is 17.4 Å². The summed E-state index contributed by atoms with van der Waals surface area (Å²) in [7, 11) is 0. The highest BCUT2D eigenvalue weighted by atomic mass is 35.5. The predicted molar refractivity (Wildman–Crippen MR) is 64.8 cm³/mol. The van der Waals surface area contributed by atoms with Crippen molar-refractivity contribution in [3.05, 3.63) is 22.8 Å². The number of anilines is 1. The molecule has 0 saturated carbocycles. The second-order valence-corrected chi connectivity index (χ2v) is 3.92. The van der Waals surface area contributed by atoms with Gasteiger partial charge in [0, 0.05) is 19.3 Å². The normalized spacial score (nSPS) is 10.5. The summed E-state index contributed by atoms with van der Waals surface area (Å²) in [4.78, 5) is 6.14. The van der Waals surface area contributed by atoms with Crippen LogP contribution in [-0.4, -0.2) is 34.9 Å². The van der Waals surface area contributed by atoms with Gasteiger partial charge in [-0.15, -0.1) is 0 Å². The van der Waals surface area contributed by atoms with Crippen LogP contribution < -0.4 is 4.90 Å². The van der Waals surface area contributed by atoms with Gasteiger partial charge >= 0.3 is 0 Å². The van der Waals surface area contributed by atoms with E-state index in [-0.39, 0.29) is 13.2 Å². The van der Waals surface area contributed by atoms with Gasteiger partial charge in [0.1, 0.15) is 5.82 Å². The molecule has 0 unspecified atom stereocenters. The summed E-state index contributed by atoms with van der Waals surface area (Å²) in [5, 5.41) is 18.4. The maximum absolute atomic E-state index is 8.96. The lowest BCUT2D eigenvalue weighted by atomic mass is 10.3. The van der Waals surface area contributed by atoms with Crippen LogP contribution in [0.25, 0.3) is 0 Å². The van der Waals surface area contributed by atoms with E-state index in [1.165, 1.54) is 0 Å². The van der Waals surface area contributed by atoms with E-state index in [9.17, 15) is 0 Å². The SMILES string of the molecule is CCCN(CCO)c1ncc(CO)cc1Cl. The Morgan fingerprint density at radius 1 is 1.38 bits per heavy atom. The van der Waals surface area contributed by atoms with E-state index in [0.717, 1.165) is 13.0 Å². The fraction of sp³-hybridized carbons (Fsp3) is 0.545. The molecule has 0 aliphatic carbocycles. The number of aromatic nitrogens is 1. The van der Waals surface area contributed by atoms with Crippen LogP contribution >= 0.6 is 11.6 Å². The zero-order valence-electron chi connectivity index (χ0n) is 9.36. The Morgan fingerprint density at radius 3 is 2.62 bits per heavy atom. The molecule has 4 nitrogen and oxygen atoms in total. The van der Waals surface area contributed by atoms with Gasteiger partial charge in [-0.05, 0) is 18.1 Å². The third-order valence-corrected chi connectivity index (χ3v) is 2.50. The molecular weight excluding hydrogens is 228 g/mol. The Bertz CT molecular complexity index is 328. The molecule has 90 valence electrons. The van der Waals surface area contributed by atoms with Gasteiger partial charge in [-0.1, -0.05) is 18.5 Å². The lowest BCUT2D eigenvalue weighted by Gasteiger charge is -2.23. The largest absolute Gasteiger partial charge is 0.395 e. The molecule has 0 amide bonds. The molecule has 0 bridgehead atoms. The molecule has 5 heteroatoms. The van der Waals surface area contributed by atoms with Crippen LogP contribution in [0.1, 0.15) is 18.9 Å². The molecule has 1 heterocycles. The smallest absolute Gasteiger partial charge is 0.147 e. The third kappa shape index (κ3) is 3.33. The van der Waals surface area contributed by atoms with Crippen molar-refractivity contribution in [2.45, 2.75) is 20.0 Å². The van der Waals surface area contributed by atoms with Gasteiger partial charge in [0.25, 0.3) is 0 Å². The van der Waals surface area contributed by atoms with Crippen LogP contribution in [0.2, 0.25) is 5.02 Å². The molecule has 16 heavy (non-hydrogen) atoms. The summed E-state index contributed by atoms with van der Waals surface area (Å²) in [6.07, 6.45) is 2.56. The van der Waals surface area contributed by atoms with Gasteiger partial charge in [-0.25, -0.2) is 4.98 Å². The minimum atomic E-state index is -0.0687. The summed E-state index contributed by atoms with van der Waals surface area (Å²) < 4.78 is 0. The van der Waals surface area contributed by atoms with E-state index in [0.29, 0.717) is 22.9 Å². The van der Waals surface area contributed by atoms with Gasteiger partial charge < -0.3 is 15.1 Å². The average Bonchev–Trinajstić information content (AvgIpc) is 2.29. The molecule has 2 N–H and O–H groups in total. The van der Waals surface area contributed by atoms with Crippen LogP contribution in [0.3, 0.4) is 0 Å². The summed E-state index contributed by atoms with van der Waals surface area (Å²) >= 11 is 6.08. The first-order valence-corrected chi connectivity index (χ1v) is 5.71. The van der Waals surface area contributed by atoms with Crippen molar-refractivity contribution in [2.75, 3.05) is 24.6 Å². The van der Waals surface area contributed by atoms with Crippen molar-refractivity contribution in [2.24, 2.45) is 0 Å². The predicted octanol–water partition coefficient (Wildman–Crippen LogP) is 1.44. The molecule has 0 aromatic carbocycles. The monoisotopic (exact) mass is 244 g/mol. The highest BCUT2D eigenvalue weighted by Gasteiger charge is 2.11. The first-order valence-electron chi connectivity index (χ1n) is 5.34. The molecule has 0 aliphatic rings. The molecule has 1 aromatic heterocycles. The van der Waals surface area contributed by atoms with Crippen molar-refractivity contribution in [3.8, 4) is 0 Å². The van der Waals surface area contributed by atoms with E-state index in [1.54, 1.807) is 12.3 Å². The van der Waals surface area contributed by atoms with Crippen molar-refractivity contribution < 1.29 is 10.2 Å². The number of hydrogen-bond donors (Lipinski definition) is 2. The Hall–Kier alpha value is -0.840. The third-order valence-electron chi connectivity index (χ3n) is 2.22. The molecule has 1 rings (SSSR count). The maximum Gasteiger partial charge on any atom is 0.147 e. The van der Waals surface area contributed by atoms with Crippen molar-refractivity contribution in [1.29, 1.82) is 0 Å². The Balaban J connectivity index is 2.90. The molecule has 1 aromatic rings. The molecule has 0 saturated heterocycles. The quantitative estimate of drug-likeness (QED) is 0.795. The van der Waals surface area contributed by atoms with Gasteiger partial charge in [-0.3, -0.25) is 0 Å². The lowest BCUT2D eigenvalue weighted by molar-refractivity contribution is 0.281. The van der Waals surface area contributed by atoms with Gasteiger partial charge in [0.2, 0.25) is 0 Å². The molecule has 0 radical (unpaired) electrons. The van der Waals surface area contributed by atoms with Crippen LogP contribution in [-0.2, 0) is 6.61 Å². The molecular formula is C11H17ClN2O2. The van der Waals surface area contributed by atoms with Crippen LogP contribution in [0.15, 0.2) is 12.3 Å². The Labute approximate surface area is 100 Å². The first kappa shape index (κ1) is 13.2. The van der Waals surface area contributed by atoms with Gasteiger partial charge in [0.15, 0.2) is 0 Å². The minimum Gasteiger partial charge on any atom is -0.395 e. The highest BCUT2D eigenvalue weighted by molar-refractivity contribution is 6.33. The minimum absolute atomic E-state index is 0.0687.